The average Bonchev–Trinajstić information content (AvgIpc) is 1.65. The minimum absolute atomic E-state index is 0.0245. The molecule has 504 valence electrons. The molecule has 21 heteroatoms. The summed E-state index contributed by atoms with van der Waals surface area (Å²) in [6, 6.07) is 12.1. The topological polar surface area (TPSA) is 260 Å². The lowest BCUT2D eigenvalue weighted by Gasteiger charge is -2.63. The van der Waals surface area contributed by atoms with Crippen molar-refractivity contribution in [1.29, 1.82) is 0 Å². The van der Waals surface area contributed by atoms with Gasteiger partial charge in [0.15, 0.2) is 0 Å². The van der Waals surface area contributed by atoms with Gasteiger partial charge in [-0.15, -0.1) is 23.2 Å². The van der Waals surface area contributed by atoms with Crippen LogP contribution < -0.4 is 27.0 Å². The maximum atomic E-state index is 12.6. The third-order valence-corrected chi connectivity index (χ3v) is 25.3. The molecule has 0 radical (unpaired) electrons. The molecule has 4 heterocycles. The van der Waals surface area contributed by atoms with E-state index in [0.29, 0.717) is 36.1 Å². The molecule has 91 heavy (non-hydrogen) atoms. The fourth-order valence-corrected chi connectivity index (χ4v) is 20.4. The summed E-state index contributed by atoms with van der Waals surface area (Å²) in [5.74, 6) is 2.92. The van der Waals surface area contributed by atoms with Crippen molar-refractivity contribution in [1.82, 2.24) is 15.1 Å². The molecule has 3 aromatic rings. The molecule has 2 saturated heterocycles. The molecule has 10 fully saturated rings. The Labute approximate surface area is 546 Å². The Hall–Kier alpha value is -4.60. The van der Waals surface area contributed by atoms with Gasteiger partial charge in [0.25, 0.3) is 5.69 Å². The van der Waals surface area contributed by atoms with E-state index in [-0.39, 0.29) is 85.7 Å². The van der Waals surface area contributed by atoms with Gasteiger partial charge in [0.1, 0.15) is 18.0 Å². The molecule has 5 N–H and O–H groups in total. The van der Waals surface area contributed by atoms with Gasteiger partial charge in [-0.1, -0.05) is 34.1 Å². The van der Waals surface area contributed by atoms with E-state index >= 15 is 0 Å². The highest BCUT2D eigenvalue weighted by molar-refractivity contribution is 6.40. The summed E-state index contributed by atoms with van der Waals surface area (Å²) in [6.45, 7) is 18.6. The molecule has 13 rings (SSSR count). The maximum absolute atomic E-state index is 12.6. The van der Waals surface area contributed by atoms with Crippen LogP contribution in [-0.2, 0) is 14.2 Å². The number of hydrogen-bond acceptors (Lipinski definition) is 17. The Morgan fingerprint density at radius 1 is 0.637 bits per heavy atom. The van der Waals surface area contributed by atoms with E-state index in [4.69, 9.17) is 56.7 Å². The van der Waals surface area contributed by atoms with E-state index in [0.717, 1.165) is 173 Å². The number of alkyl carbamates (subject to hydrolysis) is 1. The molecule has 2 aromatic heterocycles. The number of non-ortho nitro benzene ring substituents is 1. The number of hydrogen-bond donors (Lipinski definition) is 4. The molecule has 2 aliphatic heterocycles. The number of benzene rings is 1. The summed E-state index contributed by atoms with van der Waals surface area (Å²) >= 11 is 9.53. The molecule has 19 nitrogen and oxygen atoms in total. The Morgan fingerprint density at radius 3 is 1.60 bits per heavy atom. The number of fused-ring (bicyclic) bond motifs is 10. The maximum Gasteiger partial charge on any atom is 0.514 e. The second-order valence-electron chi connectivity index (χ2n) is 29.3. The first kappa shape index (κ1) is 69.2. The van der Waals surface area contributed by atoms with E-state index in [9.17, 15) is 39.5 Å². The molecule has 10 aliphatic rings. The third-order valence-electron chi connectivity index (χ3n) is 25.3. The number of aliphatic hydroxyl groups is 2. The van der Waals surface area contributed by atoms with Crippen molar-refractivity contribution in [3.63, 3.8) is 0 Å². The number of ether oxygens (including phenoxy) is 4. The highest BCUT2D eigenvalue weighted by Crippen LogP contribution is 2.72. The number of alkyl halides is 2. The molecule has 1 aromatic carbocycles. The predicted molar refractivity (Wildman–Crippen MR) is 347 cm³/mol. The monoisotopic (exact) mass is 1310 g/mol. The number of nitrogens with two attached hydrogens (primary N) is 1. The molecular weight excluding hydrogens is 1210 g/mol. The van der Waals surface area contributed by atoms with Gasteiger partial charge in [-0.25, -0.2) is 19.2 Å². The first-order valence-electron chi connectivity index (χ1n) is 34.2. The van der Waals surface area contributed by atoms with Crippen LogP contribution in [0.4, 0.5) is 15.3 Å². The fourth-order valence-electron chi connectivity index (χ4n) is 20.4. The van der Waals surface area contributed by atoms with Crippen LogP contribution in [-0.4, -0.2) is 132 Å². The van der Waals surface area contributed by atoms with E-state index < -0.39 is 22.3 Å². The molecule has 8 aliphatic carbocycles. The largest absolute Gasteiger partial charge is 0.514 e. The van der Waals surface area contributed by atoms with Crippen LogP contribution in [0.25, 0.3) is 0 Å². The van der Waals surface area contributed by atoms with E-state index in [1.54, 1.807) is 12.5 Å². The summed E-state index contributed by atoms with van der Waals surface area (Å²) in [4.78, 5) is 63.3. The number of nitrogens with zero attached hydrogens (tertiary/aromatic N) is 3. The molecule has 16 atom stereocenters. The highest BCUT2D eigenvalue weighted by Gasteiger charge is 2.69. The number of carbonyl (C=O) groups is 2. The average molecular weight is 1310 g/mol. The van der Waals surface area contributed by atoms with Gasteiger partial charge in [0, 0.05) is 74.4 Å². The zero-order chi connectivity index (χ0) is 64.8. The van der Waals surface area contributed by atoms with Crippen LogP contribution in [0, 0.1) is 67.3 Å². The first-order valence-corrected chi connectivity index (χ1v) is 35.2. The van der Waals surface area contributed by atoms with Crippen molar-refractivity contribution < 1.29 is 52.5 Å². The number of morpholine rings is 1. The number of halogens is 2. The smallest absolute Gasteiger partial charge is 0.446 e. The van der Waals surface area contributed by atoms with Gasteiger partial charge < -0.3 is 53.9 Å². The zero-order valence-electron chi connectivity index (χ0n) is 54.1. The van der Waals surface area contributed by atoms with Crippen molar-refractivity contribution in [2.24, 2.45) is 62.9 Å². The van der Waals surface area contributed by atoms with Crippen LogP contribution in [0.15, 0.2) is 79.5 Å². The van der Waals surface area contributed by atoms with Gasteiger partial charge in [0.05, 0.1) is 47.2 Å². The van der Waals surface area contributed by atoms with Crippen LogP contribution >= 0.6 is 23.2 Å². The van der Waals surface area contributed by atoms with Gasteiger partial charge in [-0.2, -0.15) is 0 Å². The Bertz CT molecular complexity index is 3010. The third kappa shape index (κ3) is 14.5. The Kier molecular flexibility index (Phi) is 22.5. The molecule has 0 unspecified atom stereocenters. The molecule has 1 amide bonds. The summed E-state index contributed by atoms with van der Waals surface area (Å²) in [7, 11) is 0. The van der Waals surface area contributed by atoms with Gasteiger partial charge >= 0.3 is 23.5 Å². The second kappa shape index (κ2) is 29.6. The molecule has 8 saturated carbocycles. The van der Waals surface area contributed by atoms with Crippen molar-refractivity contribution >= 4 is 41.1 Å². The van der Waals surface area contributed by atoms with Crippen molar-refractivity contribution in [2.75, 3.05) is 70.9 Å². The standard InChI is InChI=1S/C31H46N2O6.C31H37NO8.C7H16N2.CH2Cl2/c1-29-10-7-23(39-28(35)32-13-14-33-15-17-37-18-16-33)19-22(29)4-5-26-25(29)8-11-30(2)24(9-12-31(26,30)36)21-3-6-27(34)38-20-21;1-29-14-11-23(40-28(34)39-22-7-5-21(6-8-22)32(36)37)17-20(29)4-9-26-25(29)12-15-30(2)24(13-16-31(26,30)35)19-3-10-27(33)38-18-19;8-4-7-9-5-2-1-3-6-9;2-1-3/h3,6,20,22-26,36H,4-5,7-19H2,1-2H3,(H,32,35);3,5-8,10,18,20,23-26,35H,4,9,11-17H2,1-2H3;1-8H2;1H2/t22-,23+,24-,25+,26-,29+,30-,31+;20-,23+,24-,25+,26-,29+,30-,31+;;/m11../s1. The number of amides is 1. The van der Waals surface area contributed by atoms with Gasteiger partial charge in [-0.05, 0) is 235 Å². The lowest BCUT2D eigenvalue weighted by Crippen LogP contribution is -2.62. The number of nitro groups is 1. The zero-order valence-corrected chi connectivity index (χ0v) is 55.7. The summed E-state index contributed by atoms with van der Waals surface area (Å²) in [5.41, 5.74) is 5.04. The predicted octanol–water partition coefficient (Wildman–Crippen LogP) is 12.5. The second-order valence-corrected chi connectivity index (χ2v) is 30.1. The van der Waals surface area contributed by atoms with E-state index in [1.807, 2.05) is 12.1 Å². The highest BCUT2D eigenvalue weighted by atomic mass is 35.5. The minimum atomic E-state index is -0.785. The SMILES string of the molecule is C[C@]12CC[C@H](OC(=O)NCCN3CCOCC3)C[C@H]1CC[C@@H]1[C@@H]2CC[C@]2(C)[C@@H](c3ccc(=O)oc3)CC[C@]12O.C[C@]12CC[C@H](OC(=O)Oc3ccc([N+](=O)[O-])cc3)C[C@H]1CC[C@@H]1[C@@H]2CC[C@]2(C)[C@@H](c3ccc(=O)oc3)CC[C@]12O.ClCCl.NCCN1CCCCC1. The van der Waals surface area contributed by atoms with Crippen LogP contribution in [0.5, 0.6) is 5.75 Å². The summed E-state index contributed by atoms with van der Waals surface area (Å²) in [6.07, 6.45) is 22.9. The minimum Gasteiger partial charge on any atom is -0.446 e. The lowest BCUT2D eigenvalue weighted by atomic mass is 9.43. The van der Waals surface area contributed by atoms with Gasteiger partial charge in [-0.3, -0.25) is 15.0 Å². The van der Waals surface area contributed by atoms with Crippen LogP contribution in [0.3, 0.4) is 0 Å². The Balaban J connectivity index is 0.000000169. The number of likely N-dealkylation sites (tertiary alicyclic amines) is 1. The van der Waals surface area contributed by atoms with Gasteiger partial charge in [0.2, 0.25) is 0 Å². The van der Waals surface area contributed by atoms with Crippen LogP contribution in [0.2, 0.25) is 0 Å². The summed E-state index contributed by atoms with van der Waals surface area (Å²) in [5, 5.41) is 38.8. The normalized spacial score (nSPS) is 37.4. The number of nitro benzene ring substituents is 1. The first-order chi connectivity index (χ1) is 43.6. The lowest BCUT2D eigenvalue weighted by molar-refractivity contribution is -0.384. The summed E-state index contributed by atoms with van der Waals surface area (Å²) < 4.78 is 32.7. The fraction of sp³-hybridized carbons (Fsp3) is 0.743. The van der Waals surface area contributed by atoms with E-state index in [1.165, 1.54) is 68.8 Å². The van der Waals surface area contributed by atoms with Crippen LogP contribution in [0.1, 0.15) is 185 Å². The quantitative estimate of drug-likeness (QED) is 0.0457. The van der Waals surface area contributed by atoms with Crippen molar-refractivity contribution in [2.45, 2.75) is 198 Å². The number of carbonyl (C=O) groups excluding carboxylic acids is 2. The van der Waals surface area contributed by atoms with Crippen molar-refractivity contribution in [3.8, 4) is 5.75 Å². The molecular formula is C70H101Cl2N5O14. The number of piperidine rings is 1. The number of nitrogens with one attached hydrogen (secondary N) is 1. The van der Waals surface area contributed by atoms with Crippen molar-refractivity contribution in [3.05, 3.63) is 103 Å². The Morgan fingerprint density at radius 2 is 1.13 bits per heavy atom. The van der Waals surface area contributed by atoms with E-state index in [2.05, 4.69) is 42.8 Å². The number of rotatable bonds is 11. The molecule has 0 spiro atoms. The molecule has 0 bridgehead atoms.